The van der Waals surface area contributed by atoms with Crippen molar-refractivity contribution >= 4 is 5.97 Å². The monoisotopic (exact) mass is 212 g/mol. The highest BCUT2D eigenvalue weighted by Gasteiger charge is 2.28. The van der Waals surface area contributed by atoms with Gasteiger partial charge in [0.1, 0.15) is 0 Å². The number of aromatic nitrogens is 2. The van der Waals surface area contributed by atoms with Crippen molar-refractivity contribution in [2.75, 3.05) is 6.61 Å². The molecule has 0 radical (unpaired) electrons. The molecule has 1 aliphatic rings. The van der Waals surface area contributed by atoms with E-state index in [4.69, 9.17) is 0 Å². The fraction of sp³-hybridized carbons (Fsp3) is 0.600. The minimum atomic E-state index is -1.82. The van der Waals surface area contributed by atoms with Gasteiger partial charge in [0, 0.05) is 12.1 Å². The molecule has 1 aromatic rings. The first-order valence-electron chi connectivity index (χ1n) is 5.08. The topological polar surface area (TPSA) is 44.1 Å². The lowest BCUT2D eigenvalue weighted by molar-refractivity contribution is -0.153. The first-order chi connectivity index (χ1) is 7.22. The molecule has 0 saturated heterocycles. The number of esters is 1. The lowest BCUT2D eigenvalue weighted by Crippen LogP contribution is -2.18. The molecule has 0 aliphatic heterocycles. The van der Waals surface area contributed by atoms with Crippen molar-refractivity contribution in [2.24, 2.45) is 0 Å². The van der Waals surface area contributed by atoms with Gasteiger partial charge in [0.05, 0.1) is 12.3 Å². The van der Waals surface area contributed by atoms with E-state index < -0.39 is 12.3 Å². The minimum absolute atomic E-state index is 0.177. The average Bonchev–Trinajstić information content (AvgIpc) is 2.96. The average molecular weight is 212 g/mol. The predicted molar refractivity (Wildman–Crippen MR) is 51.0 cm³/mol. The third-order valence-corrected chi connectivity index (χ3v) is 2.34. The van der Waals surface area contributed by atoms with Crippen molar-refractivity contribution in [3.8, 4) is 0 Å². The van der Waals surface area contributed by atoms with Crippen LogP contribution in [0.2, 0.25) is 0 Å². The summed E-state index contributed by atoms with van der Waals surface area (Å²) in [7, 11) is 0. The number of nitrogens with zero attached hydrogens (tertiary/aromatic N) is 2. The molecule has 1 saturated carbocycles. The number of halogens is 1. The van der Waals surface area contributed by atoms with Gasteiger partial charge in [-0.15, -0.1) is 0 Å². The normalized spacial score (nSPS) is 17.5. The Hall–Kier alpha value is -1.39. The van der Waals surface area contributed by atoms with Gasteiger partial charge in [-0.05, 0) is 25.8 Å². The lowest BCUT2D eigenvalue weighted by Gasteiger charge is -2.07. The van der Waals surface area contributed by atoms with Gasteiger partial charge >= 0.3 is 5.97 Å². The molecule has 1 aromatic heterocycles. The second kappa shape index (κ2) is 4.00. The van der Waals surface area contributed by atoms with Crippen LogP contribution in [0.15, 0.2) is 12.3 Å². The molecule has 0 amide bonds. The summed E-state index contributed by atoms with van der Waals surface area (Å²) in [5.74, 6) is -0.427. The Morgan fingerprint density at radius 1 is 1.80 bits per heavy atom. The van der Waals surface area contributed by atoms with Crippen molar-refractivity contribution in [1.29, 1.82) is 0 Å². The number of carbonyl (C=O) groups is 1. The van der Waals surface area contributed by atoms with Crippen molar-refractivity contribution in [3.63, 3.8) is 0 Å². The smallest absolute Gasteiger partial charge is 0.363 e. The molecule has 5 heteroatoms. The van der Waals surface area contributed by atoms with Crippen LogP contribution in [0.5, 0.6) is 0 Å². The zero-order valence-electron chi connectivity index (χ0n) is 8.52. The maximum Gasteiger partial charge on any atom is 0.363 e. The summed E-state index contributed by atoms with van der Waals surface area (Å²) < 4.78 is 19.0. The Morgan fingerprint density at radius 3 is 3.13 bits per heavy atom. The van der Waals surface area contributed by atoms with E-state index in [9.17, 15) is 9.18 Å². The van der Waals surface area contributed by atoms with E-state index in [2.05, 4.69) is 9.84 Å². The highest BCUT2D eigenvalue weighted by molar-refractivity contribution is 5.72. The highest BCUT2D eigenvalue weighted by Crippen LogP contribution is 2.39. The summed E-state index contributed by atoms with van der Waals surface area (Å²) in [6.45, 7) is 1.82. The number of hydrogen-bond donors (Lipinski definition) is 0. The van der Waals surface area contributed by atoms with Gasteiger partial charge in [0.2, 0.25) is 0 Å². The summed E-state index contributed by atoms with van der Waals surface area (Å²) in [6.07, 6.45) is 1.87. The molecule has 15 heavy (non-hydrogen) atoms. The van der Waals surface area contributed by atoms with Gasteiger partial charge in [0.15, 0.2) is 0 Å². The first-order valence-corrected chi connectivity index (χ1v) is 5.08. The molecule has 1 unspecified atom stereocenters. The van der Waals surface area contributed by atoms with E-state index >= 15 is 0 Å². The van der Waals surface area contributed by atoms with Crippen LogP contribution >= 0.6 is 0 Å². The predicted octanol–water partition coefficient (Wildman–Crippen LogP) is 1.79. The summed E-state index contributed by atoms with van der Waals surface area (Å²) in [6, 6.07) is 1.75. The van der Waals surface area contributed by atoms with Gasteiger partial charge in [-0.2, -0.15) is 5.10 Å². The molecule has 1 atom stereocenters. The van der Waals surface area contributed by atoms with Crippen LogP contribution in [0.25, 0.3) is 0 Å². The minimum Gasteiger partial charge on any atom is -0.462 e. The second-order valence-corrected chi connectivity index (χ2v) is 3.58. The molecule has 4 nitrogen and oxygen atoms in total. The fourth-order valence-corrected chi connectivity index (χ4v) is 1.39. The molecule has 0 N–H and O–H groups in total. The molecule has 1 fully saturated rings. The Kier molecular flexibility index (Phi) is 2.70. The van der Waals surface area contributed by atoms with E-state index in [0.717, 1.165) is 23.2 Å². The van der Waals surface area contributed by atoms with Crippen LogP contribution in [-0.2, 0) is 9.53 Å². The molecule has 2 rings (SSSR count). The van der Waals surface area contributed by atoms with E-state index in [1.807, 2.05) is 0 Å². The standard InChI is InChI=1S/C10H13FN2O2/c1-2-15-10(14)9(11)13-6-5-8(12-13)7-3-4-7/h5-7,9H,2-4H2,1H3. The molecular weight excluding hydrogens is 199 g/mol. The van der Waals surface area contributed by atoms with E-state index in [0.29, 0.717) is 5.92 Å². The highest BCUT2D eigenvalue weighted by atomic mass is 19.1. The van der Waals surface area contributed by atoms with Crippen LogP contribution in [0.3, 0.4) is 0 Å². The van der Waals surface area contributed by atoms with Crippen molar-refractivity contribution < 1.29 is 13.9 Å². The molecular formula is C10H13FN2O2. The zero-order chi connectivity index (χ0) is 10.8. The quantitative estimate of drug-likeness (QED) is 0.715. The van der Waals surface area contributed by atoms with Crippen molar-refractivity contribution in [2.45, 2.75) is 32.0 Å². The lowest BCUT2D eigenvalue weighted by atomic mass is 10.3. The zero-order valence-corrected chi connectivity index (χ0v) is 8.52. The second-order valence-electron chi connectivity index (χ2n) is 3.58. The van der Waals surface area contributed by atoms with Crippen molar-refractivity contribution in [1.82, 2.24) is 9.78 Å². The van der Waals surface area contributed by atoms with Gasteiger partial charge in [0.25, 0.3) is 6.30 Å². The molecule has 0 bridgehead atoms. The molecule has 0 spiro atoms. The third kappa shape index (κ3) is 2.16. The van der Waals surface area contributed by atoms with Crippen LogP contribution in [0.1, 0.15) is 37.7 Å². The summed E-state index contributed by atoms with van der Waals surface area (Å²) in [5, 5.41) is 4.02. The Bertz CT molecular complexity index is 360. The summed E-state index contributed by atoms with van der Waals surface area (Å²) in [5.41, 5.74) is 0.863. The van der Waals surface area contributed by atoms with Gasteiger partial charge < -0.3 is 4.74 Å². The van der Waals surface area contributed by atoms with E-state index in [1.165, 1.54) is 6.20 Å². The van der Waals surface area contributed by atoms with Crippen LogP contribution in [0.4, 0.5) is 4.39 Å². The molecule has 82 valence electrons. The molecule has 1 aliphatic carbocycles. The Balaban J connectivity index is 2.04. The largest absolute Gasteiger partial charge is 0.462 e. The number of alkyl halides is 1. The maximum atomic E-state index is 13.4. The van der Waals surface area contributed by atoms with Crippen LogP contribution < -0.4 is 0 Å². The van der Waals surface area contributed by atoms with Gasteiger partial charge in [-0.3, -0.25) is 0 Å². The van der Waals surface area contributed by atoms with Crippen LogP contribution in [-0.4, -0.2) is 22.4 Å². The number of ether oxygens (including phenoxy) is 1. The van der Waals surface area contributed by atoms with Crippen LogP contribution in [0, 0.1) is 0 Å². The molecule has 1 heterocycles. The van der Waals surface area contributed by atoms with Gasteiger partial charge in [-0.1, -0.05) is 0 Å². The number of rotatable bonds is 4. The maximum absolute atomic E-state index is 13.4. The fourth-order valence-electron chi connectivity index (χ4n) is 1.39. The number of carbonyl (C=O) groups excluding carboxylic acids is 1. The Morgan fingerprint density at radius 2 is 2.53 bits per heavy atom. The van der Waals surface area contributed by atoms with Gasteiger partial charge in [-0.25, -0.2) is 13.9 Å². The SMILES string of the molecule is CCOC(=O)C(F)n1ccc(C2CC2)n1. The molecule has 0 aromatic carbocycles. The van der Waals surface area contributed by atoms with E-state index in [1.54, 1.807) is 13.0 Å². The number of hydrogen-bond acceptors (Lipinski definition) is 3. The summed E-state index contributed by atoms with van der Waals surface area (Å²) >= 11 is 0. The first kappa shape index (κ1) is 10.1. The summed E-state index contributed by atoms with van der Waals surface area (Å²) in [4.78, 5) is 11.1. The third-order valence-electron chi connectivity index (χ3n) is 2.34. The van der Waals surface area contributed by atoms with Crippen molar-refractivity contribution in [3.05, 3.63) is 18.0 Å². The van der Waals surface area contributed by atoms with E-state index in [-0.39, 0.29) is 6.61 Å². The Labute approximate surface area is 87.0 Å².